The average Bonchev–Trinajstić information content (AvgIpc) is 3.36. The van der Waals surface area contributed by atoms with E-state index in [9.17, 15) is 4.79 Å². The minimum absolute atomic E-state index is 0.131. The lowest BCUT2D eigenvalue weighted by molar-refractivity contribution is 0.583. The largest absolute Gasteiger partial charge is 0.464 e. The molecule has 0 saturated heterocycles. The van der Waals surface area contributed by atoms with E-state index in [2.05, 4.69) is 6.07 Å². The maximum Gasteiger partial charge on any atom is 0.268 e. The zero-order valence-electron chi connectivity index (χ0n) is 14.5. The molecule has 3 heterocycles. The number of furan rings is 1. The molecule has 0 bridgehead atoms. The zero-order valence-corrected chi connectivity index (χ0v) is 16.1. The smallest absolute Gasteiger partial charge is 0.268 e. The van der Waals surface area contributed by atoms with Crippen LogP contribution in [0.5, 0.6) is 0 Å². The predicted molar refractivity (Wildman–Crippen MR) is 108 cm³/mol. The predicted octanol–water partition coefficient (Wildman–Crippen LogP) is 4.96. The summed E-state index contributed by atoms with van der Waals surface area (Å²) in [5.41, 5.74) is 1.37. The van der Waals surface area contributed by atoms with E-state index >= 15 is 0 Å². The summed E-state index contributed by atoms with van der Waals surface area (Å²) in [5, 5.41) is 12.1. The fourth-order valence-corrected chi connectivity index (χ4v) is 4.65. The molecule has 0 fully saturated rings. The van der Waals surface area contributed by atoms with Crippen LogP contribution in [0.15, 0.2) is 68.5 Å². The summed E-state index contributed by atoms with van der Waals surface area (Å²) in [6.45, 7) is 1.86. The van der Waals surface area contributed by atoms with Crippen molar-refractivity contribution in [3.8, 4) is 23.1 Å². The van der Waals surface area contributed by atoms with Crippen LogP contribution in [0.3, 0.4) is 0 Å². The van der Waals surface area contributed by atoms with E-state index in [1.165, 1.54) is 23.1 Å². The van der Waals surface area contributed by atoms with Gasteiger partial charge in [0.05, 0.1) is 29.3 Å². The Balaban J connectivity index is 1.95. The number of nitrogens with zero attached hydrogens (tertiary/aromatic N) is 3. The number of para-hydroxylation sites is 1. The summed E-state index contributed by atoms with van der Waals surface area (Å²) in [7, 11) is 0. The van der Waals surface area contributed by atoms with Crippen molar-refractivity contribution in [2.45, 2.75) is 12.1 Å². The van der Waals surface area contributed by atoms with Gasteiger partial charge in [-0.2, -0.15) is 5.26 Å². The molecule has 1 atom stereocenters. The van der Waals surface area contributed by atoms with E-state index in [4.69, 9.17) is 14.7 Å². The summed E-state index contributed by atoms with van der Waals surface area (Å²) < 4.78 is 7.12. The van der Waals surface area contributed by atoms with Gasteiger partial charge in [0, 0.05) is 16.7 Å². The van der Waals surface area contributed by atoms with Crippen LogP contribution in [0.4, 0.5) is 0 Å². The van der Waals surface area contributed by atoms with Gasteiger partial charge in [0.25, 0.3) is 5.56 Å². The molecule has 0 aliphatic rings. The fraction of sp³-hybridized carbons (Fsp3) is 0.150. The Hall–Kier alpha value is -2.82. The van der Waals surface area contributed by atoms with E-state index in [1.54, 1.807) is 16.9 Å². The minimum atomic E-state index is -0.133. The van der Waals surface area contributed by atoms with Gasteiger partial charge in [-0.25, -0.2) is 4.98 Å². The molecule has 7 heteroatoms. The number of aromatic nitrogens is 2. The average molecular weight is 393 g/mol. The molecule has 0 aliphatic heterocycles. The molecule has 0 N–H and O–H groups in total. The Kier molecular flexibility index (Phi) is 4.84. The van der Waals surface area contributed by atoms with Crippen molar-refractivity contribution in [3.63, 3.8) is 0 Å². The number of nitriles is 1. The molecular formula is C20H15N3O2S2. The number of benzene rings is 1. The summed E-state index contributed by atoms with van der Waals surface area (Å²) >= 11 is 2.84. The van der Waals surface area contributed by atoms with Crippen LogP contribution in [0.25, 0.3) is 27.2 Å². The van der Waals surface area contributed by atoms with Crippen LogP contribution in [-0.4, -0.2) is 15.3 Å². The molecule has 1 aromatic carbocycles. The van der Waals surface area contributed by atoms with E-state index < -0.39 is 0 Å². The number of hydrogen-bond donors (Lipinski definition) is 0. The molecular weight excluding hydrogens is 378 g/mol. The lowest BCUT2D eigenvalue weighted by Gasteiger charge is -2.12. The molecule has 0 unspecified atom stereocenters. The van der Waals surface area contributed by atoms with Crippen LogP contribution < -0.4 is 5.56 Å². The van der Waals surface area contributed by atoms with Crippen molar-refractivity contribution < 1.29 is 4.42 Å². The van der Waals surface area contributed by atoms with Crippen molar-refractivity contribution in [2.75, 3.05) is 5.75 Å². The summed E-state index contributed by atoms with van der Waals surface area (Å²) in [4.78, 5) is 18.9. The third-order valence-corrected chi connectivity index (χ3v) is 6.13. The first-order valence-corrected chi connectivity index (χ1v) is 10.2. The lowest BCUT2D eigenvalue weighted by atomic mass is 10.2. The number of thioether (sulfide) groups is 1. The molecule has 0 aliphatic carbocycles. The Morgan fingerprint density at radius 3 is 2.81 bits per heavy atom. The quantitative estimate of drug-likeness (QED) is 0.354. The molecule has 0 radical (unpaired) electrons. The maximum absolute atomic E-state index is 13.5. The van der Waals surface area contributed by atoms with Gasteiger partial charge < -0.3 is 4.42 Å². The Morgan fingerprint density at radius 1 is 1.30 bits per heavy atom. The third-order valence-electron chi connectivity index (χ3n) is 4.06. The van der Waals surface area contributed by atoms with Gasteiger partial charge in [-0.3, -0.25) is 9.36 Å². The highest BCUT2D eigenvalue weighted by molar-refractivity contribution is 7.99. The molecule has 0 spiro atoms. The molecule has 4 aromatic rings. The number of thiophene rings is 1. The minimum Gasteiger partial charge on any atom is -0.464 e. The van der Waals surface area contributed by atoms with Crippen molar-refractivity contribution in [2.24, 2.45) is 5.92 Å². The van der Waals surface area contributed by atoms with Gasteiger partial charge in [0.2, 0.25) is 0 Å². The summed E-state index contributed by atoms with van der Waals surface area (Å²) in [6, 6.07) is 15.3. The molecule has 0 amide bonds. The van der Waals surface area contributed by atoms with Crippen LogP contribution in [0.2, 0.25) is 0 Å². The molecule has 5 nitrogen and oxygen atoms in total. The first kappa shape index (κ1) is 17.6. The van der Waals surface area contributed by atoms with Crippen molar-refractivity contribution in [3.05, 3.63) is 64.5 Å². The van der Waals surface area contributed by atoms with Gasteiger partial charge in [-0.15, -0.1) is 11.3 Å². The van der Waals surface area contributed by atoms with Gasteiger partial charge in [-0.05, 0) is 31.2 Å². The van der Waals surface area contributed by atoms with Gasteiger partial charge in [-0.1, -0.05) is 30.0 Å². The van der Waals surface area contributed by atoms with Crippen molar-refractivity contribution in [1.82, 2.24) is 9.55 Å². The lowest BCUT2D eigenvalue weighted by Crippen LogP contribution is -2.21. The van der Waals surface area contributed by atoms with Gasteiger partial charge in [0.1, 0.15) is 10.6 Å². The highest BCUT2D eigenvalue weighted by atomic mass is 32.2. The molecule has 4 rings (SSSR count). The van der Waals surface area contributed by atoms with Crippen LogP contribution in [-0.2, 0) is 0 Å². The zero-order chi connectivity index (χ0) is 18.8. The van der Waals surface area contributed by atoms with E-state index in [-0.39, 0.29) is 11.5 Å². The highest BCUT2D eigenvalue weighted by Gasteiger charge is 2.20. The summed E-state index contributed by atoms with van der Waals surface area (Å²) in [6.07, 6.45) is 1.59. The van der Waals surface area contributed by atoms with Crippen molar-refractivity contribution in [1.29, 1.82) is 5.26 Å². The second-order valence-corrected chi connectivity index (χ2v) is 7.86. The second-order valence-electron chi connectivity index (χ2n) is 6.02. The standard InChI is InChI=1S/C20H15N3O2S2/c1-13(10-21)11-27-20-22-18-17(15(12-26-18)16-8-5-9-25-16)19(24)23(20)14-6-3-2-4-7-14/h2-9,12-13H,11H2,1H3/t13-/m1/s1. The number of fused-ring (bicyclic) bond motifs is 1. The van der Waals surface area contributed by atoms with E-state index in [1.807, 2.05) is 48.7 Å². The summed E-state index contributed by atoms with van der Waals surface area (Å²) in [5.74, 6) is 1.09. The van der Waals surface area contributed by atoms with Gasteiger partial charge in [0.15, 0.2) is 5.16 Å². The topological polar surface area (TPSA) is 71.8 Å². The van der Waals surface area contributed by atoms with Crippen LogP contribution in [0.1, 0.15) is 6.92 Å². The van der Waals surface area contributed by atoms with Crippen molar-refractivity contribution >= 4 is 33.3 Å². The second kappa shape index (κ2) is 7.43. The first-order valence-electron chi connectivity index (χ1n) is 8.35. The molecule has 134 valence electrons. The van der Waals surface area contributed by atoms with E-state index in [0.717, 1.165) is 11.3 Å². The van der Waals surface area contributed by atoms with Crippen LogP contribution >= 0.6 is 23.1 Å². The Bertz CT molecular complexity index is 1170. The highest BCUT2D eigenvalue weighted by Crippen LogP contribution is 2.33. The first-order chi connectivity index (χ1) is 13.2. The Morgan fingerprint density at radius 2 is 2.11 bits per heavy atom. The SMILES string of the molecule is C[C@H](C#N)CSc1nc2scc(-c3ccco3)c2c(=O)n1-c1ccccc1. The molecule has 27 heavy (non-hydrogen) atoms. The third kappa shape index (κ3) is 3.29. The molecule has 0 saturated carbocycles. The van der Waals surface area contributed by atoms with Gasteiger partial charge >= 0.3 is 0 Å². The number of hydrogen-bond acceptors (Lipinski definition) is 6. The van der Waals surface area contributed by atoms with E-state index in [0.29, 0.717) is 26.9 Å². The monoisotopic (exact) mass is 393 g/mol. The molecule has 3 aromatic heterocycles. The van der Waals surface area contributed by atoms with Crippen LogP contribution in [0, 0.1) is 17.2 Å². The number of rotatable bonds is 5. The fourth-order valence-electron chi connectivity index (χ4n) is 2.72. The maximum atomic E-state index is 13.5. The Labute approximate surface area is 163 Å². The normalized spacial score (nSPS) is 12.1.